The number of H-pyrrole nitrogens is 1. The van der Waals surface area contributed by atoms with Crippen LogP contribution in [0.5, 0.6) is 0 Å². The molecule has 5 aromatic carbocycles. The lowest BCUT2D eigenvalue weighted by atomic mass is 10.1. The Morgan fingerprint density at radius 3 is 1.75 bits per heavy atom. The van der Waals surface area contributed by atoms with Gasteiger partial charge in [0.15, 0.2) is 5.90 Å². The van der Waals surface area contributed by atoms with Gasteiger partial charge >= 0.3 is 0 Å². The molecule has 1 heterocycles. The minimum Gasteiger partial charge on any atom is -0.497 e. The van der Waals surface area contributed by atoms with E-state index in [0.29, 0.717) is 35.3 Å². The van der Waals surface area contributed by atoms with Crippen LogP contribution in [0.15, 0.2) is 141 Å². The molecule has 0 bridgehead atoms. The van der Waals surface area contributed by atoms with Crippen molar-refractivity contribution in [3.63, 3.8) is 0 Å². The summed E-state index contributed by atoms with van der Waals surface area (Å²) >= 11 is 6.20. The molecular formula is C33H25ClN10O13S4. The number of benzene rings is 5. The molecular weight excluding hydrogens is 908 g/mol. The minimum absolute atomic E-state index is 0.00191. The lowest BCUT2D eigenvalue weighted by molar-refractivity contribution is 0.479. The van der Waals surface area contributed by atoms with E-state index in [2.05, 4.69) is 50.7 Å². The van der Waals surface area contributed by atoms with Gasteiger partial charge in [0.25, 0.3) is 40.5 Å². The predicted molar refractivity (Wildman–Crippen MR) is 216 cm³/mol. The Morgan fingerprint density at radius 2 is 1.18 bits per heavy atom. The first-order valence-corrected chi connectivity index (χ1v) is 22.5. The Hall–Kier alpha value is -6.43. The maximum absolute atomic E-state index is 12.4. The first-order chi connectivity index (χ1) is 28.4. The van der Waals surface area contributed by atoms with E-state index in [0.717, 1.165) is 6.07 Å². The quantitative estimate of drug-likeness (QED) is 0.0281. The van der Waals surface area contributed by atoms with Crippen molar-refractivity contribution in [2.75, 3.05) is 5.32 Å². The number of hydrogen-bond acceptors (Lipinski definition) is 17. The van der Waals surface area contributed by atoms with E-state index < -0.39 is 77.5 Å². The second-order valence-corrected chi connectivity index (χ2v) is 18.1. The SMILES string of the molecule is CC(O)=Nc1cc(N=c2nc(Nc3ccc(N=Nc4ccc(S(=O)(=O)O)cc4)cc3)nc(Cl)[nH]2)ccc1N=Nc1cc2c(S(=O)(=O)O)cc(S(=O)(=O)O)cc2cc1S(=O)(=O)O. The molecule has 0 fully saturated rings. The molecule has 0 saturated heterocycles. The Bertz CT molecular complexity index is 3360. The van der Waals surface area contributed by atoms with Gasteiger partial charge in [-0.05, 0) is 108 Å². The van der Waals surface area contributed by atoms with Gasteiger partial charge in [-0.1, -0.05) is 0 Å². The highest BCUT2D eigenvalue weighted by Crippen LogP contribution is 2.38. The second kappa shape index (κ2) is 16.9. The minimum atomic E-state index is -5.20. The molecule has 0 amide bonds. The van der Waals surface area contributed by atoms with Crippen LogP contribution < -0.4 is 10.9 Å². The number of aliphatic hydroxyl groups is 1. The first kappa shape index (κ1) is 44.1. The van der Waals surface area contributed by atoms with Crippen molar-refractivity contribution >= 4 is 115 Å². The van der Waals surface area contributed by atoms with Crippen LogP contribution in [-0.2, 0) is 40.5 Å². The molecule has 1 aromatic heterocycles. The molecule has 0 aliphatic carbocycles. The van der Waals surface area contributed by atoms with Crippen LogP contribution in [0.4, 0.5) is 45.8 Å². The first-order valence-electron chi connectivity index (χ1n) is 16.3. The van der Waals surface area contributed by atoms with E-state index in [1.165, 1.54) is 49.4 Å². The third-order valence-corrected chi connectivity index (χ3v) is 11.4. The summed E-state index contributed by atoms with van der Waals surface area (Å²) in [5.41, 5.74) is 0.427. The number of aromatic amines is 1. The average Bonchev–Trinajstić information content (AvgIpc) is 3.15. The molecule has 0 spiro atoms. The summed E-state index contributed by atoms with van der Waals surface area (Å²) < 4.78 is 134. The summed E-state index contributed by atoms with van der Waals surface area (Å²) in [5, 5.41) is 27.8. The van der Waals surface area contributed by atoms with E-state index in [-0.39, 0.29) is 38.8 Å². The van der Waals surface area contributed by atoms with Crippen LogP contribution in [0, 0.1) is 0 Å². The van der Waals surface area contributed by atoms with Crippen molar-refractivity contribution in [1.29, 1.82) is 0 Å². The Kier molecular flexibility index (Phi) is 12.2. The Labute approximate surface area is 349 Å². The van der Waals surface area contributed by atoms with Gasteiger partial charge in [-0.2, -0.15) is 53.9 Å². The molecule has 23 nitrogen and oxygen atoms in total. The van der Waals surface area contributed by atoms with E-state index >= 15 is 0 Å². The number of azo groups is 2. The van der Waals surface area contributed by atoms with Crippen LogP contribution in [0.3, 0.4) is 0 Å². The molecule has 0 unspecified atom stereocenters. The standard InChI is InChI=1S/C33H25ClN10O13S4/c1-17(45)35-27-14-22(8-11-26(27)43-44-28-16-25-18(13-30(28)61(55,56)57)12-24(59(49,50)51)15-29(25)60(52,53)54)37-33-39-31(34)38-32(40-33)36-19-2-4-20(5-3-19)41-42-21-6-9-23(10-7-21)58(46,47)48/h2-16H,1H3,(H,35,45)(H,46,47,48)(H,49,50,51)(H,52,53,54)(H,55,56,57)(H2,36,37,38,39,40). The van der Waals surface area contributed by atoms with Crippen molar-refractivity contribution in [3.05, 3.63) is 102 Å². The molecule has 0 radical (unpaired) electrons. The third kappa shape index (κ3) is 11.2. The van der Waals surface area contributed by atoms with Crippen LogP contribution in [0.2, 0.25) is 5.28 Å². The molecule has 0 aliphatic rings. The van der Waals surface area contributed by atoms with Crippen LogP contribution in [0.25, 0.3) is 10.8 Å². The summed E-state index contributed by atoms with van der Waals surface area (Å²) in [7, 11) is -19.8. The molecule has 28 heteroatoms. The third-order valence-electron chi connectivity index (χ3n) is 7.73. The number of rotatable bonds is 12. The largest absolute Gasteiger partial charge is 0.497 e. The maximum atomic E-state index is 12.4. The summed E-state index contributed by atoms with van der Waals surface area (Å²) in [4.78, 5) is 16.1. The number of halogens is 1. The van der Waals surface area contributed by atoms with Gasteiger partial charge in [0, 0.05) is 18.0 Å². The van der Waals surface area contributed by atoms with Crippen molar-refractivity contribution in [2.45, 2.75) is 26.5 Å². The van der Waals surface area contributed by atoms with Gasteiger partial charge in [-0.25, -0.2) is 9.98 Å². The smallest absolute Gasteiger partial charge is 0.296 e. The van der Waals surface area contributed by atoms with Gasteiger partial charge in [0.1, 0.15) is 21.2 Å². The van der Waals surface area contributed by atoms with Crippen LogP contribution in [0.1, 0.15) is 6.92 Å². The summed E-state index contributed by atoms with van der Waals surface area (Å²) in [6.45, 7) is 1.22. The van der Waals surface area contributed by atoms with Gasteiger partial charge in [0.2, 0.25) is 16.9 Å². The molecule has 316 valence electrons. The fraction of sp³-hybridized carbons (Fsp3) is 0.0303. The normalized spacial score (nSPS) is 13.4. The summed E-state index contributed by atoms with van der Waals surface area (Å²) in [5.74, 6) is -0.461. The lowest BCUT2D eigenvalue weighted by Gasteiger charge is -2.10. The highest BCUT2D eigenvalue weighted by Gasteiger charge is 2.25. The Balaban J connectivity index is 1.30. The monoisotopic (exact) mass is 932 g/mol. The van der Waals surface area contributed by atoms with Crippen molar-refractivity contribution in [1.82, 2.24) is 15.0 Å². The van der Waals surface area contributed by atoms with E-state index in [4.69, 9.17) is 16.2 Å². The average molecular weight is 933 g/mol. The number of anilines is 2. The highest BCUT2D eigenvalue weighted by molar-refractivity contribution is 7.87. The highest BCUT2D eigenvalue weighted by atomic mass is 35.5. The molecule has 6 rings (SSSR count). The fourth-order valence-electron chi connectivity index (χ4n) is 5.14. The fourth-order valence-corrected chi connectivity index (χ4v) is 7.77. The van der Waals surface area contributed by atoms with E-state index in [9.17, 15) is 52.4 Å². The molecule has 0 atom stereocenters. The number of fused-ring (bicyclic) bond motifs is 1. The van der Waals surface area contributed by atoms with Gasteiger partial charge < -0.3 is 10.4 Å². The zero-order chi connectivity index (χ0) is 44.5. The zero-order valence-corrected chi connectivity index (χ0v) is 34.3. The van der Waals surface area contributed by atoms with E-state index in [1.807, 2.05) is 0 Å². The predicted octanol–water partition coefficient (Wildman–Crippen LogP) is 7.01. The molecule has 6 aromatic rings. The maximum Gasteiger partial charge on any atom is 0.296 e. The van der Waals surface area contributed by atoms with Gasteiger partial charge in [-0.3, -0.25) is 23.2 Å². The van der Waals surface area contributed by atoms with Crippen LogP contribution in [-0.4, -0.2) is 77.8 Å². The van der Waals surface area contributed by atoms with E-state index in [1.54, 1.807) is 24.3 Å². The number of aliphatic imine (C=N–C) groups is 1. The summed E-state index contributed by atoms with van der Waals surface area (Å²) in [6.07, 6.45) is 0. The molecule has 7 N–H and O–H groups in total. The van der Waals surface area contributed by atoms with Crippen molar-refractivity contribution < 1.29 is 57.0 Å². The topological polar surface area (TPSA) is 365 Å². The number of nitrogens with one attached hydrogen (secondary N) is 2. The van der Waals surface area contributed by atoms with Crippen molar-refractivity contribution in [3.8, 4) is 0 Å². The zero-order valence-electron chi connectivity index (χ0n) is 30.3. The number of hydrogen-bond donors (Lipinski definition) is 7. The molecule has 0 saturated carbocycles. The number of nitrogens with zero attached hydrogens (tertiary/aromatic N) is 8. The summed E-state index contributed by atoms with van der Waals surface area (Å²) in [6, 6.07) is 18.1. The van der Waals surface area contributed by atoms with Gasteiger partial charge in [0.05, 0.1) is 32.5 Å². The number of aliphatic hydroxyl groups excluding tert-OH is 1. The lowest BCUT2D eigenvalue weighted by Crippen LogP contribution is -2.16. The molecule has 61 heavy (non-hydrogen) atoms. The van der Waals surface area contributed by atoms with Crippen LogP contribution >= 0.6 is 11.6 Å². The van der Waals surface area contributed by atoms with Crippen molar-refractivity contribution in [2.24, 2.45) is 30.4 Å². The Morgan fingerprint density at radius 1 is 0.607 bits per heavy atom. The second-order valence-electron chi connectivity index (χ2n) is 12.2. The number of aromatic nitrogens is 3. The molecule has 0 aliphatic heterocycles. The van der Waals surface area contributed by atoms with Gasteiger partial charge in [-0.15, -0.1) is 10.2 Å².